The Balaban J connectivity index is 2.28. The molecule has 1 aromatic carbocycles. The molecule has 0 fully saturated rings. The van der Waals surface area contributed by atoms with E-state index < -0.39 is 0 Å². The van der Waals surface area contributed by atoms with Crippen LogP contribution >= 0.6 is 0 Å². The second kappa shape index (κ2) is 7.61. The average Bonchev–Trinajstić information content (AvgIpc) is 2.53. The van der Waals surface area contributed by atoms with Crippen molar-refractivity contribution in [3.05, 3.63) is 41.7 Å². The van der Waals surface area contributed by atoms with E-state index in [-0.39, 0.29) is 6.04 Å². The summed E-state index contributed by atoms with van der Waals surface area (Å²) < 4.78 is 10.6. The summed E-state index contributed by atoms with van der Waals surface area (Å²) >= 11 is 0. The Morgan fingerprint density at radius 3 is 2.59 bits per heavy atom. The predicted octanol–water partition coefficient (Wildman–Crippen LogP) is 2.78. The number of ether oxygens (including phenoxy) is 2. The fourth-order valence-electron chi connectivity index (χ4n) is 2.07. The highest BCUT2D eigenvalue weighted by Crippen LogP contribution is 2.29. The number of nitrogen functional groups attached to an aromatic ring is 1. The van der Waals surface area contributed by atoms with Gasteiger partial charge >= 0.3 is 0 Å². The first-order valence-corrected chi connectivity index (χ1v) is 7.25. The summed E-state index contributed by atoms with van der Waals surface area (Å²) in [6, 6.07) is 10.1. The Morgan fingerprint density at radius 2 is 1.95 bits per heavy atom. The van der Waals surface area contributed by atoms with E-state index >= 15 is 0 Å². The molecule has 2 aromatic rings. The van der Waals surface area contributed by atoms with Gasteiger partial charge in [0, 0.05) is 7.11 Å². The van der Waals surface area contributed by atoms with Crippen LogP contribution in [0.25, 0.3) is 0 Å². The summed E-state index contributed by atoms with van der Waals surface area (Å²) in [5.74, 6) is 1.47. The van der Waals surface area contributed by atoms with E-state index in [1.807, 2.05) is 32.0 Å². The van der Waals surface area contributed by atoms with Crippen LogP contribution in [0.3, 0.4) is 0 Å². The van der Waals surface area contributed by atoms with Crippen molar-refractivity contribution in [3.63, 3.8) is 0 Å². The molecule has 0 spiro atoms. The van der Waals surface area contributed by atoms with Crippen molar-refractivity contribution in [2.45, 2.75) is 26.5 Å². The molecule has 22 heavy (non-hydrogen) atoms. The van der Waals surface area contributed by atoms with Crippen LogP contribution < -0.4 is 15.8 Å². The number of anilines is 2. The van der Waals surface area contributed by atoms with Gasteiger partial charge < -0.3 is 20.5 Å². The lowest BCUT2D eigenvalue weighted by Crippen LogP contribution is -2.14. The van der Waals surface area contributed by atoms with Crippen molar-refractivity contribution in [1.29, 1.82) is 0 Å². The summed E-state index contributed by atoms with van der Waals surface area (Å²) in [7, 11) is 1.60. The Labute approximate surface area is 130 Å². The minimum absolute atomic E-state index is 0.0586. The fourth-order valence-corrected chi connectivity index (χ4v) is 2.07. The Bertz CT molecular complexity index is 605. The molecule has 0 bridgehead atoms. The first-order chi connectivity index (χ1) is 10.7. The summed E-state index contributed by atoms with van der Waals surface area (Å²) in [4.78, 5) is 8.69. The number of rotatable bonds is 7. The molecule has 6 nitrogen and oxygen atoms in total. The van der Waals surface area contributed by atoms with E-state index in [9.17, 15) is 0 Å². The van der Waals surface area contributed by atoms with E-state index in [1.165, 1.54) is 0 Å². The van der Waals surface area contributed by atoms with Crippen LogP contribution in [0.15, 0.2) is 30.3 Å². The smallest absolute Gasteiger partial charge is 0.242 e. The standard InChI is InChI=1S/C16H22N4O2/c1-4-22-16-14(17)15(19-13(20-16)10-21-3)18-11(2)12-8-6-5-7-9-12/h5-9,11H,4,10,17H2,1-3H3,(H,18,19,20). The monoisotopic (exact) mass is 302 g/mol. The number of hydrogen-bond donors (Lipinski definition) is 2. The summed E-state index contributed by atoms with van der Waals surface area (Å²) in [5, 5.41) is 3.31. The normalized spacial score (nSPS) is 12.0. The molecule has 1 atom stereocenters. The first-order valence-electron chi connectivity index (χ1n) is 7.25. The fraction of sp³-hybridized carbons (Fsp3) is 0.375. The molecule has 0 amide bonds. The van der Waals surface area contributed by atoms with Crippen molar-refractivity contribution < 1.29 is 9.47 Å². The third-order valence-electron chi connectivity index (χ3n) is 3.16. The highest BCUT2D eigenvalue weighted by atomic mass is 16.5. The Kier molecular flexibility index (Phi) is 5.55. The van der Waals surface area contributed by atoms with E-state index in [1.54, 1.807) is 7.11 Å². The zero-order chi connectivity index (χ0) is 15.9. The lowest BCUT2D eigenvalue weighted by molar-refractivity contribution is 0.176. The number of nitrogens with one attached hydrogen (secondary N) is 1. The second-order valence-corrected chi connectivity index (χ2v) is 4.85. The van der Waals surface area contributed by atoms with Crippen molar-refractivity contribution >= 4 is 11.5 Å². The van der Waals surface area contributed by atoms with Crippen molar-refractivity contribution in [1.82, 2.24) is 9.97 Å². The number of methoxy groups -OCH3 is 1. The van der Waals surface area contributed by atoms with Crippen LogP contribution in [-0.2, 0) is 11.3 Å². The Morgan fingerprint density at radius 1 is 1.23 bits per heavy atom. The van der Waals surface area contributed by atoms with E-state index in [0.717, 1.165) is 5.56 Å². The maximum atomic E-state index is 6.11. The summed E-state index contributed by atoms with van der Waals surface area (Å²) in [6.07, 6.45) is 0. The van der Waals surface area contributed by atoms with Gasteiger partial charge in [0.05, 0.1) is 12.6 Å². The van der Waals surface area contributed by atoms with Gasteiger partial charge in [0.2, 0.25) is 5.88 Å². The van der Waals surface area contributed by atoms with Gasteiger partial charge in [-0.05, 0) is 19.4 Å². The first kappa shape index (κ1) is 16.0. The number of nitrogens with zero attached hydrogens (tertiary/aromatic N) is 2. The minimum atomic E-state index is 0.0586. The van der Waals surface area contributed by atoms with Gasteiger partial charge in [-0.3, -0.25) is 0 Å². The third-order valence-corrected chi connectivity index (χ3v) is 3.16. The molecule has 0 saturated carbocycles. The van der Waals surface area contributed by atoms with Gasteiger partial charge in [-0.25, -0.2) is 4.98 Å². The molecular formula is C16H22N4O2. The zero-order valence-corrected chi connectivity index (χ0v) is 13.2. The topological polar surface area (TPSA) is 82.3 Å². The second-order valence-electron chi connectivity index (χ2n) is 4.85. The molecule has 2 rings (SSSR count). The van der Waals surface area contributed by atoms with Crippen LogP contribution in [0.5, 0.6) is 5.88 Å². The molecule has 1 aromatic heterocycles. The number of nitrogens with two attached hydrogens (primary N) is 1. The van der Waals surface area contributed by atoms with Crippen molar-refractivity contribution in [2.24, 2.45) is 0 Å². The lowest BCUT2D eigenvalue weighted by atomic mass is 10.1. The van der Waals surface area contributed by atoms with Crippen molar-refractivity contribution in [2.75, 3.05) is 24.8 Å². The summed E-state index contributed by atoms with van der Waals surface area (Å²) in [6.45, 7) is 4.72. The van der Waals surface area contributed by atoms with Crippen LogP contribution in [0.2, 0.25) is 0 Å². The van der Waals surface area contributed by atoms with Gasteiger partial charge in [0.25, 0.3) is 0 Å². The van der Waals surface area contributed by atoms with E-state index in [4.69, 9.17) is 15.2 Å². The molecule has 1 unspecified atom stereocenters. The average molecular weight is 302 g/mol. The predicted molar refractivity (Wildman–Crippen MR) is 86.8 cm³/mol. The molecule has 0 aliphatic rings. The highest BCUT2D eigenvalue weighted by Gasteiger charge is 2.15. The molecule has 0 aliphatic heterocycles. The maximum absolute atomic E-state index is 6.11. The largest absolute Gasteiger partial charge is 0.476 e. The van der Waals surface area contributed by atoms with Crippen molar-refractivity contribution in [3.8, 4) is 5.88 Å². The number of aromatic nitrogens is 2. The third kappa shape index (κ3) is 3.85. The molecule has 0 radical (unpaired) electrons. The molecule has 1 heterocycles. The van der Waals surface area contributed by atoms with Gasteiger partial charge in [-0.1, -0.05) is 30.3 Å². The number of hydrogen-bond acceptors (Lipinski definition) is 6. The SMILES string of the molecule is CCOc1nc(COC)nc(NC(C)c2ccccc2)c1N. The minimum Gasteiger partial charge on any atom is -0.476 e. The van der Waals surface area contributed by atoms with Gasteiger partial charge in [-0.15, -0.1) is 0 Å². The van der Waals surface area contributed by atoms with E-state index in [2.05, 4.69) is 27.4 Å². The zero-order valence-electron chi connectivity index (χ0n) is 13.2. The van der Waals surface area contributed by atoms with Crippen LogP contribution in [0, 0.1) is 0 Å². The maximum Gasteiger partial charge on any atom is 0.242 e. The molecule has 3 N–H and O–H groups in total. The summed E-state index contributed by atoms with van der Waals surface area (Å²) in [5.41, 5.74) is 7.66. The number of benzene rings is 1. The lowest BCUT2D eigenvalue weighted by Gasteiger charge is -2.18. The quantitative estimate of drug-likeness (QED) is 0.818. The van der Waals surface area contributed by atoms with Crippen LogP contribution in [0.4, 0.5) is 11.5 Å². The van der Waals surface area contributed by atoms with Gasteiger partial charge in [0.1, 0.15) is 12.3 Å². The van der Waals surface area contributed by atoms with E-state index in [0.29, 0.717) is 36.4 Å². The molecule has 0 saturated heterocycles. The molecular weight excluding hydrogens is 280 g/mol. The van der Waals surface area contributed by atoms with Gasteiger partial charge in [-0.2, -0.15) is 4.98 Å². The molecule has 118 valence electrons. The van der Waals surface area contributed by atoms with Crippen LogP contribution in [-0.4, -0.2) is 23.7 Å². The Hall–Kier alpha value is -2.34. The van der Waals surface area contributed by atoms with Gasteiger partial charge in [0.15, 0.2) is 11.6 Å². The molecule has 6 heteroatoms. The molecule has 0 aliphatic carbocycles. The van der Waals surface area contributed by atoms with Crippen LogP contribution in [0.1, 0.15) is 31.3 Å². The highest BCUT2D eigenvalue weighted by molar-refractivity contribution is 5.67.